The molecular formula is C26H23N3O5. The SMILES string of the molecule is Cc1cccc(NC(=O)C(=O)Nc2cccc(-c3c(C)c4cc(C(=O)O)c(O)cc4n3C)c2)c1. The third-order valence-corrected chi connectivity index (χ3v) is 5.68. The highest BCUT2D eigenvalue weighted by atomic mass is 16.4. The van der Waals surface area contributed by atoms with Crippen molar-refractivity contribution in [2.75, 3.05) is 10.6 Å². The molecule has 0 aliphatic heterocycles. The van der Waals surface area contributed by atoms with Gasteiger partial charge in [0.05, 0.1) is 11.2 Å². The van der Waals surface area contributed by atoms with E-state index < -0.39 is 17.8 Å². The van der Waals surface area contributed by atoms with E-state index in [0.29, 0.717) is 22.3 Å². The molecule has 0 fully saturated rings. The zero-order valence-electron chi connectivity index (χ0n) is 18.8. The Morgan fingerprint density at radius 3 is 2.09 bits per heavy atom. The summed E-state index contributed by atoms with van der Waals surface area (Å²) >= 11 is 0. The van der Waals surface area contributed by atoms with Crippen molar-refractivity contribution in [1.82, 2.24) is 4.57 Å². The number of nitrogens with one attached hydrogen (secondary N) is 2. The van der Waals surface area contributed by atoms with Crippen LogP contribution in [0.5, 0.6) is 5.75 Å². The fraction of sp³-hybridized carbons (Fsp3) is 0.115. The second kappa shape index (κ2) is 8.74. The molecule has 34 heavy (non-hydrogen) atoms. The number of carbonyl (C=O) groups excluding carboxylic acids is 2. The lowest BCUT2D eigenvalue weighted by Crippen LogP contribution is -2.29. The second-order valence-electron chi connectivity index (χ2n) is 8.08. The van der Waals surface area contributed by atoms with Gasteiger partial charge in [-0.25, -0.2) is 4.79 Å². The van der Waals surface area contributed by atoms with Crippen LogP contribution in [0.1, 0.15) is 21.5 Å². The molecule has 3 aromatic carbocycles. The number of aromatic carboxylic acids is 1. The predicted molar refractivity (Wildman–Crippen MR) is 130 cm³/mol. The molecular weight excluding hydrogens is 434 g/mol. The zero-order valence-corrected chi connectivity index (χ0v) is 18.8. The van der Waals surface area contributed by atoms with Crippen LogP contribution in [0.3, 0.4) is 0 Å². The van der Waals surface area contributed by atoms with Crippen LogP contribution in [-0.2, 0) is 16.6 Å². The van der Waals surface area contributed by atoms with Gasteiger partial charge in [0.1, 0.15) is 11.3 Å². The maximum absolute atomic E-state index is 12.5. The Morgan fingerprint density at radius 2 is 1.47 bits per heavy atom. The number of aromatic hydroxyl groups is 1. The van der Waals surface area contributed by atoms with Gasteiger partial charge in [-0.15, -0.1) is 0 Å². The van der Waals surface area contributed by atoms with E-state index in [2.05, 4.69) is 10.6 Å². The van der Waals surface area contributed by atoms with E-state index in [4.69, 9.17) is 0 Å². The van der Waals surface area contributed by atoms with Crippen LogP contribution >= 0.6 is 0 Å². The maximum atomic E-state index is 12.5. The Hall–Kier alpha value is -4.59. The molecule has 0 bridgehead atoms. The quantitative estimate of drug-likeness (QED) is 0.338. The van der Waals surface area contributed by atoms with Crippen molar-refractivity contribution in [3.8, 4) is 17.0 Å². The monoisotopic (exact) mass is 457 g/mol. The van der Waals surface area contributed by atoms with Crippen LogP contribution in [0.4, 0.5) is 11.4 Å². The van der Waals surface area contributed by atoms with Gasteiger partial charge < -0.3 is 25.4 Å². The first kappa shape index (κ1) is 22.6. The Bertz CT molecular complexity index is 1470. The van der Waals surface area contributed by atoms with Gasteiger partial charge in [-0.3, -0.25) is 9.59 Å². The lowest BCUT2D eigenvalue weighted by Gasteiger charge is -2.10. The zero-order chi connectivity index (χ0) is 24.6. The van der Waals surface area contributed by atoms with Gasteiger partial charge >= 0.3 is 17.8 Å². The van der Waals surface area contributed by atoms with Crippen molar-refractivity contribution < 1.29 is 24.6 Å². The molecule has 172 valence electrons. The Labute approximate surface area is 195 Å². The number of rotatable bonds is 4. The predicted octanol–water partition coefficient (Wildman–Crippen LogP) is 4.44. The number of carbonyl (C=O) groups is 3. The summed E-state index contributed by atoms with van der Waals surface area (Å²) in [6.07, 6.45) is 0. The summed E-state index contributed by atoms with van der Waals surface area (Å²) in [5.74, 6) is -3.11. The smallest absolute Gasteiger partial charge is 0.339 e. The van der Waals surface area contributed by atoms with E-state index >= 15 is 0 Å². The topological polar surface area (TPSA) is 121 Å². The second-order valence-corrected chi connectivity index (χ2v) is 8.08. The third-order valence-electron chi connectivity index (χ3n) is 5.68. The molecule has 8 heteroatoms. The Morgan fingerprint density at radius 1 is 0.853 bits per heavy atom. The van der Waals surface area contributed by atoms with E-state index in [1.165, 1.54) is 12.1 Å². The summed E-state index contributed by atoms with van der Waals surface area (Å²) in [6, 6.07) is 17.0. The molecule has 0 spiro atoms. The minimum Gasteiger partial charge on any atom is -0.507 e. The van der Waals surface area contributed by atoms with Crippen LogP contribution in [0, 0.1) is 13.8 Å². The minimum atomic E-state index is -1.21. The molecule has 0 unspecified atom stereocenters. The van der Waals surface area contributed by atoms with Crippen LogP contribution in [0.15, 0.2) is 60.7 Å². The van der Waals surface area contributed by atoms with Crippen molar-refractivity contribution in [3.63, 3.8) is 0 Å². The fourth-order valence-electron chi connectivity index (χ4n) is 4.08. The standard InChI is InChI=1S/C26H23N3O5/c1-14-6-4-8-17(10-14)27-24(31)25(32)28-18-9-5-7-16(11-18)23-15(2)19-12-20(26(33)34)22(30)13-21(19)29(23)3/h4-13,30H,1-3H3,(H,27,31)(H,28,32)(H,33,34). The molecule has 2 amide bonds. The number of aryl methyl sites for hydroxylation is 3. The van der Waals surface area contributed by atoms with E-state index in [1.54, 1.807) is 36.4 Å². The normalized spacial score (nSPS) is 10.8. The number of carboxylic acid groups (broad SMARTS) is 1. The summed E-state index contributed by atoms with van der Waals surface area (Å²) in [5, 5.41) is 25.3. The van der Waals surface area contributed by atoms with Gasteiger partial charge in [0.15, 0.2) is 0 Å². The van der Waals surface area contributed by atoms with Gasteiger partial charge in [0.2, 0.25) is 0 Å². The van der Waals surface area contributed by atoms with Crippen molar-refractivity contribution in [2.24, 2.45) is 7.05 Å². The molecule has 0 saturated heterocycles. The number of nitrogens with zero attached hydrogens (tertiary/aromatic N) is 1. The van der Waals surface area contributed by atoms with Crippen LogP contribution in [-0.4, -0.2) is 32.6 Å². The average Bonchev–Trinajstić information content (AvgIpc) is 3.02. The lowest BCUT2D eigenvalue weighted by molar-refractivity contribution is -0.132. The average molecular weight is 457 g/mol. The number of phenols is 1. The number of benzene rings is 3. The number of hydrogen-bond acceptors (Lipinski definition) is 4. The van der Waals surface area contributed by atoms with Crippen molar-refractivity contribution in [3.05, 3.63) is 77.4 Å². The molecule has 0 aliphatic rings. The lowest BCUT2D eigenvalue weighted by atomic mass is 10.0. The molecule has 0 aliphatic carbocycles. The summed E-state index contributed by atoms with van der Waals surface area (Å²) < 4.78 is 1.85. The van der Waals surface area contributed by atoms with Crippen LogP contribution < -0.4 is 10.6 Å². The summed E-state index contributed by atoms with van der Waals surface area (Å²) in [4.78, 5) is 36.2. The highest BCUT2D eigenvalue weighted by molar-refractivity contribution is 6.43. The molecule has 0 radical (unpaired) electrons. The molecule has 8 nitrogen and oxygen atoms in total. The largest absolute Gasteiger partial charge is 0.507 e. The molecule has 0 atom stereocenters. The fourth-order valence-corrected chi connectivity index (χ4v) is 4.08. The number of aromatic nitrogens is 1. The van der Waals surface area contributed by atoms with E-state index in [-0.39, 0.29) is 11.3 Å². The molecule has 4 aromatic rings. The first-order valence-electron chi connectivity index (χ1n) is 10.5. The first-order chi connectivity index (χ1) is 16.2. The van der Waals surface area contributed by atoms with Gasteiger partial charge in [0.25, 0.3) is 0 Å². The number of hydrogen-bond donors (Lipinski definition) is 4. The molecule has 4 rings (SSSR count). The minimum absolute atomic E-state index is 0.173. The number of anilines is 2. The number of carboxylic acids is 1. The van der Waals surface area contributed by atoms with Gasteiger partial charge in [-0.05, 0) is 55.3 Å². The van der Waals surface area contributed by atoms with E-state index in [1.807, 2.05) is 37.6 Å². The Kier molecular flexibility index (Phi) is 5.81. The molecule has 4 N–H and O–H groups in total. The summed E-state index contributed by atoms with van der Waals surface area (Å²) in [6.45, 7) is 3.75. The van der Waals surface area contributed by atoms with Gasteiger partial charge in [-0.2, -0.15) is 0 Å². The van der Waals surface area contributed by atoms with E-state index in [0.717, 1.165) is 22.4 Å². The summed E-state index contributed by atoms with van der Waals surface area (Å²) in [5.41, 5.74) is 4.78. The van der Waals surface area contributed by atoms with Crippen molar-refractivity contribution >= 4 is 40.1 Å². The van der Waals surface area contributed by atoms with E-state index in [9.17, 15) is 24.6 Å². The van der Waals surface area contributed by atoms with Crippen LogP contribution in [0.2, 0.25) is 0 Å². The molecule has 1 heterocycles. The third kappa shape index (κ3) is 4.21. The molecule has 0 saturated carbocycles. The molecule has 1 aromatic heterocycles. The maximum Gasteiger partial charge on any atom is 0.339 e. The summed E-state index contributed by atoms with van der Waals surface area (Å²) in [7, 11) is 1.81. The first-order valence-corrected chi connectivity index (χ1v) is 10.5. The highest BCUT2D eigenvalue weighted by Gasteiger charge is 2.19. The van der Waals surface area contributed by atoms with Crippen molar-refractivity contribution in [1.29, 1.82) is 0 Å². The number of fused-ring (bicyclic) bond motifs is 1. The Balaban J connectivity index is 1.63. The number of amides is 2. The van der Waals surface area contributed by atoms with Gasteiger partial charge in [-0.1, -0.05) is 24.3 Å². The van der Waals surface area contributed by atoms with Crippen molar-refractivity contribution in [2.45, 2.75) is 13.8 Å². The van der Waals surface area contributed by atoms with Crippen LogP contribution in [0.25, 0.3) is 22.2 Å². The van der Waals surface area contributed by atoms with Gasteiger partial charge in [0, 0.05) is 35.4 Å². The highest BCUT2D eigenvalue weighted by Crippen LogP contribution is 2.36.